The highest BCUT2D eigenvalue weighted by atomic mass is 19.1. The summed E-state index contributed by atoms with van der Waals surface area (Å²) in [5.41, 5.74) is 5.72. The second kappa shape index (κ2) is 7.06. The Morgan fingerprint density at radius 2 is 1.82 bits per heavy atom. The lowest BCUT2D eigenvalue weighted by Crippen LogP contribution is -2.06. The van der Waals surface area contributed by atoms with Crippen molar-refractivity contribution >= 4 is 11.4 Å². The van der Waals surface area contributed by atoms with Gasteiger partial charge >= 0.3 is 0 Å². The van der Waals surface area contributed by atoms with Gasteiger partial charge in [-0.15, -0.1) is 0 Å². The lowest BCUT2D eigenvalue weighted by atomic mass is 10.2. The van der Waals surface area contributed by atoms with Gasteiger partial charge in [0, 0.05) is 19.2 Å². The minimum atomic E-state index is -0.743. The first-order valence-corrected chi connectivity index (χ1v) is 5.74. The number of nitrogens with one attached hydrogen (secondary N) is 1. The van der Waals surface area contributed by atoms with Gasteiger partial charge in [-0.2, -0.15) is 0 Å². The molecule has 17 heavy (non-hydrogen) atoms. The van der Waals surface area contributed by atoms with Crippen LogP contribution in [0.3, 0.4) is 0 Å². The molecule has 0 atom stereocenters. The van der Waals surface area contributed by atoms with Gasteiger partial charge in [-0.1, -0.05) is 12.8 Å². The molecule has 0 bridgehead atoms. The highest BCUT2D eigenvalue weighted by molar-refractivity contribution is 5.66. The summed E-state index contributed by atoms with van der Waals surface area (Å²) in [4.78, 5) is 0. The van der Waals surface area contributed by atoms with Crippen molar-refractivity contribution in [1.29, 1.82) is 0 Å². The molecular formula is C12H18F2N2O. The summed E-state index contributed by atoms with van der Waals surface area (Å²) in [7, 11) is 0. The molecule has 1 aromatic rings. The lowest BCUT2D eigenvalue weighted by Gasteiger charge is -2.10. The van der Waals surface area contributed by atoms with Gasteiger partial charge in [0.05, 0.1) is 11.4 Å². The Labute approximate surface area is 99.6 Å². The normalized spacial score (nSPS) is 10.5. The van der Waals surface area contributed by atoms with Gasteiger partial charge in [0.25, 0.3) is 0 Å². The number of aliphatic hydroxyl groups excluding tert-OH is 1. The Bertz CT molecular complexity index is 359. The SMILES string of the molecule is Nc1c(F)cc(F)cc1NCCCCCCO. The molecule has 4 N–H and O–H groups in total. The smallest absolute Gasteiger partial charge is 0.151 e. The van der Waals surface area contributed by atoms with Crippen LogP contribution in [0.25, 0.3) is 0 Å². The van der Waals surface area contributed by atoms with E-state index in [1.807, 2.05) is 0 Å². The zero-order valence-electron chi connectivity index (χ0n) is 9.68. The Kier molecular flexibility index (Phi) is 5.69. The monoisotopic (exact) mass is 244 g/mol. The summed E-state index contributed by atoms with van der Waals surface area (Å²) in [6, 6.07) is 1.95. The molecule has 3 nitrogen and oxygen atoms in total. The summed E-state index contributed by atoms with van der Waals surface area (Å²) in [6.45, 7) is 0.813. The standard InChI is InChI=1S/C12H18F2N2O/c13-9-7-10(14)12(15)11(8-9)16-5-3-1-2-4-6-17/h7-8,16-17H,1-6,15H2. The van der Waals surface area contributed by atoms with E-state index in [9.17, 15) is 8.78 Å². The summed E-state index contributed by atoms with van der Waals surface area (Å²) in [5, 5.41) is 11.5. The largest absolute Gasteiger partial charge is 0.396 e. The van der Waals surface area contributed by atoms with Crippen LogP contribution in [0, 0.1) is 11.6 Å². The number of anilines is 2. The van der Waals surface area contributed by atoms with E-state index in [1.54, 1.807) is 0 Å². The Balaban J connectivity index is 2.36. The summed E-state index contributed by atoms with van der Waals surface area (Å²) in [5.74, 6) is -1.38. The molecule has 0 aliphatic rings. The van der Waals surface area contributed by atoms with Gasteiger partial charge < -0.3 is 16.2 Å². The maximum absolute atomic E-state index is 13.1. The number of halogens is 2. The molecule has 0 aromatic heterocycles. The van der Waals surface area contributed by atoms with E-state index in [0.717, 1.165) is 31.7 Å². The average molecular weight is 244 g/mol. The van der Waals surface area contributed by atoms with E-state index < -0.39 is 11.6 Å². The van der Waals surface area contributed by atoms with Gasteiger partial charge in [-0.3, -0.25) is 0 Å². The second-order valence-corrected chi connectivity index (χ2v) is 3.91. The van der Waals surface area contributed by atoms with Gasteiger partial charge in [-0.05, 0) is 18.9 Å². The van der Waals surface area contributed by atoms with Crippen LogP contribution in [0.4, 0.5) is 20.2 Å². The molecule has 0 spiro atoms. The highest BCUT2D eigenvalue weighted by Crippen LogP contribution is 2.23. The van der Waals surface area contributed by atoms with Crippen LogP contribution in [0.1, 0.15) is 25.7 Å². The molecule has 0 radical (unpaired) electrons. The Morgan fingerprint density at radius 1 is 1.12 bits per heavy atom. The Hall–Kier alpha value is -1.36. The molecule has 0 saturated heterocycles. The van der Waals surface area contributed by atoms with Gasteiger partial charge in [0.1, 0.15) is 5.82 Å². The lowest BCUT2D eigenvalue weighted by molar-refractivity contribution is 0.283. The number of nitrogen functional groups attached to an aromatic ring is 1. The average Bonchev–Trinajstić information content (AvgIpc) is 2.29. The van der Waals surface area contributed by atoms with Crippen LogP contribution in [0.2, 0.25) is 0 Å². The van der Waals surface area contributed by atoms with E-state index in [1.165, 1.54) is 6.07 Å². The van der Waals surface area contributed by atoms with Crippen LogP contribution in [-0.2, 0) is 0 Å². The first-order valence-electron chi connectivity index (χ1n) is 5.74. The van der Waals surface area contributed by atoms with Crippen molar-refractivity contribution in [2.45, 2.75) is 25.7 Å². The number of rotatable bonds is 7. The van der Waals surface area contributed by atoms with Crippen molar-refractivity contribution in [2.75, 3.05) is 24.2 Å². The maximum atomic E-state index is 13.1. The molecule has 96 valence electrons. The summed E-state index contributed by atoms with van der Waals surface area (Å²) >= 11 is 0. The number of hydrogen-bond donors (Lipinski definition) is 3. The minimum Gasteiger partial charge on any atom is -0.396 e. The zero-order valence-corrected chi connectivity index (χ0v) is 9.68. The van der Waals surface area contributed by atoms with Crippen molar-refractivity contribution < 1.29 is 13.9 Å². The van der Waals surface area contributed by atoms with Crippen LogP contribution in [0.15, 0.2) is 12.1 Å². The zero-order chi connectivity index (χ0) is 12.7. The van der Waals surface area contributed by atoms with Crippen LogP contribution < -0.4 is 11.1 Å². The Morgan fingerprint density at radius 3 is 2.53 bits per heavy atom. The molecule has 0 aliphatic heterocycles. The van der Waals surface area contributed by atoms with Crippen molar-refractivity contribution in [1.82, 2.24) is 0 Å². The second-order valence-electron chi connectivity index (χ2n) is 3.91. The highest BCUT2D eigenvalue weighted by Gasteiger charge is 2.07. The number of aliphatic hydroxyl groups is 1. The topological polar surface area (TPSA) is 58.3 Å². The van der Waals surface area contributed by atoms with E-state index in [0.29, 0.717) is 12.2 Å². The fourth-order valence-corrected chi connectivity index (χ4v) is 1.54. The van der Waals surface area contributed by atoms with Gasteiger partial charge in [0.15, 0.2) is 5.82 Å². The van der Waals surface area contributed by atoms with Crippen LogP contribution >= 0.6 is 0 Å². The number of benzene rings is 1. The van der Waals surface area contributed by atoms with Gasteiger partial charge in [-0.25, -0.2) is 8.78 Å². The number of nitrogens with two attached hydrogens (primary N) is 1. The van der Waals surface area contributed by atoms with E-state index >= 15 is 0 Å². The van der Waals surface area contributed by atoms with E-state index in [-0.39, 0.29) is 12.3 Å². The molecule has 0 aliphatic carbocycles. The number of hydrogen-bond acceptors (Lipinski definition) is 3. The molecule has 0 heterocycles. The molecule has 0 fully saturated rings. The molecule has 0 amide bonds. The third-order valence-corrected chi connectivity index (χ3v) is 2.49. The molecule has 0 saturated carbocycles. The van der Waals surface area contributed by atoms with Crippen molar-refractivity contribution in [3.8, 4) is 0 Å². The first kappa shape index (κ1) is 13.7. The summed E-state index contributed by atoms with van der Waals surface area (Å²) < 4.78 is 26.0. The fraction of sp³-hybridized carbons (Fsp3) is 0.500. The number of unbranched alkanes of at least 4 members (excludes halogenated alkanes) is 3. The summed E-state index contributed by atoms with van der Waals surface area (Å²) in [6.07, 6.45) is 3.57. The van der Waals surface area contributed by atoms with E-state index in [2.05, 4.69) is 5.32 Å². The molecule has 1 rings (SSSR count). The molecule has 0 unspecified atom stereocenters. The van der Waals surface area contributed by atoms with Crippen LogP contribution in [0.5, 0.6) is 0 Å². The molecule has 5 heteroatoms. The third kappa shape index (κ3) is 4.56. The van der Waals surface area contributed by atoms with E-state index in [4.69, 9.17) is 10.8 Å². The maximum Gasteiger partial charge on any atom is 0.151 e. The predicted molar refractivity (Wildman–Crippen MR) is 64.8 cm³/mol. The fourth-order valence-electron chi connectivity index (χ4n) is 1.54. The quantitative estimate of drug-likeness (QED) is 0.510. The molecule has 1 aromatic carbocycles. The van der Waals surface area contributed by atoms with Crippen molar-refractivity contribution in [2.24, 2.45) is 0 Å². The van der Waals surface area contributed by atoms with Crippen LogP contribution in [-0.4, -0.2) is 18.3 Å². The first-order chi connectivity index (χ1) is 8.15. The third-order valence-electron chi connectivity index (χ3n) is 2.49. The van der Waals surface area contributed by atoms with Crippen molar-refractivity contribution in [3.05, 3.63) is 23.8 Å². The molecular weight excluding hydrogens is 226 g/mol. The minimum absolute atomic E-state index is 0.0539. The van der Waals surface area contributed by atoms with Gasteiger partial charge in [0.2, 0.25) is 0 Å². The predicted octanol–water partition coefficient (Wildman–Crippen LogP) is 2.51. The van der Waals surface area contributed by atoms with Crippen molar-refractivity contribution in [3.63, 3.8) is 0 Å².